The average molecular weight is 393 g/mol. The SMILES string of the molecule is CCc1nn(C/C(F)=C/CN)c(CC)c1Cc1ccc(S(=O)N(C)C)cc1. The van der Waals surface area contributed by atoms with E-state index in [2.05, 4.69) is 18.9 Å². The molecule has 7 heteroatoms. The van der Waals surface area contributed by atoms with Gasteiger partial charge in [-0.2, -0.15) is 5.10 Å². The molecule has 1 aromatic carbocycles. The summed E-state index contributed by atoms with van der Waals surface area (Å²) in [5.41, 5.74) is 9.72. The van der Waals surface area contributed by atoms with Crippen molar-refractivity contribution in [2.75, 3.05) is 20.6 Å². The third-order valence-electron chi connectivity index (χ3n) is 4.40. The van der Waals surface area contributed by atoms with E-state index in [0.29, 0.717) is 0 Å². The molecule has 1 aromatic heterocycles. The summed E-state index contributed by atoms with van der Waals surface area (Å²) in [6.07, 6.45) is 3.68. The Morgan fingerprint density at radius 2 is 1.93 bits per heavy atom. The van der Waals surface area contributed by atoms with Gasteiger partial charge in [0.1, 0.15) is 16.8 Å². The van der Waals surface area contributed by atoms with Gasteiger partial charge in [-0.25, -0.2) is 12.9 Å². The van der Waals surface area contributed by atoms with Gasteiger partial charge in [-0.15, -0.1) is 0 Å². The van der Waals surface area contributed by atoms with Gasteiger partial charge in [0.25, 0.3) is 0 Å². The maximum absolute atomic E-state index is 13.9. The largest absolute Gasteiger partial charge is 0.327 e. The molecule has 1 atom stereocenters. The van der Waals surface area contributed by atoms with Crippen LogP contribution in [0.5, 0.6) is 0 Å². The summed E-state index contributed by atoms with van der Waals surface area (Å²) in [4.78, 5) is 0.778. The molecule has 1 unspecified atom stereocenters. The molecule has 148 valence electrons. The van der Waals surface area contributed by atoms with Gasteiger partial charge in [0.2, 0.25) is 0 Å². The van der Waals surface area contributed by atoms with Crippen LogP contribution < -0.4 is 5.73 Å². The quantitative estimate of drug-likeness (QED) is 0.713. The minimum absolute atomic E-state index is 0.119. The second kappa shape index (κ2) is 9.92. The van der Waals surface area contributed by atoms with Crippen LogP contribution >= 0.6 is 0 Å². The molecule has 0 spiro atoms. The number of nitrogens with two attached hydrogens (primary N) is 1. The highest BCUT2D eigenvalue weighted by Crippen LogP contribution is 2.22. The van der Waals surface area contributed by atoms with E-state index in [4.69, 9.17) is 5.73 Å². The zero-order valence-corrected chi connectivity index (χ0v) is 17.4. The van der Waals surface area contributed by atoms with Crippen LogP contribution in [0, 0.1) is 0 Å². The van der Waals surface area contributed by atoms with Gasteiger partial charge < -0.3 is 5.73 Å². The summed E-state index contributed by atoms with van der Waals surface area (Å²) >= 11 is 0. The first-order chi connectivity index (χ1) is 12.9. The number of benzene rings is 1. The zero-order chi connectivity index (χ0) is 20.0. The molecule has 0 saturated heterocycles. The molecular formula is C20H29FN4OS. The molecule has 0 aliphatic heterocycles. The molecule has 5 nitrogen and oxygen atoms in total. The highest BCUT2D eigenvalue weighted by molar-refractivity contribution is 7.82. The average Bonchev–Trinajstić information content (AvgIpc) is 2.97. The van der Waals surface area contributed by atoms with Gasteiger partial charge in [0.15, 0.2) is 0 Å². The Morgan fingerprint density at radius 3 is 2.44 bits per heavy atom. The summed E-state index contributed by atoms with van der Waals surface area (Å²) in [5.74, 6) is -0.264. The van der Waals surface area contributed by atoms with Crippen LogP contribution in [0.15, 0.2) is 41.1 Å². The van der Waals surface area contributed by atoms with Gasteiger partial charge >= 0.3 is 0 Å². The normalized spacial score (nSPS) is 13.4. The lowest BCUT2D eigenvalue weighted by atomic mass is 10.0. The van der Waals surface area contributed by atoms with E-state index in [1.54, 1.807) is 23.1 Å². The van der Waals surface area contributed by atoms with Gasteiger partial charge in [-0.1, -0.05) is 26.0 Å². The standard InChI is InChI=1S/C20H29FN4OS/c1-5-19-18(20(6-2)25(23-19)14-16(21)11-12-22)13-15-7-9-17(10-8-15)27(26)24(3)4/h7-11H,5-6,12-14,22H2,1-4H3/b16-11-. The predicted octanol–water partition coefficient (Wildman–Crippen LogP) is 3.00. The summed E-state index contributed by atoms with van der Waals surface area (Å²) in [6, 6.07) is 7.80. The first-order valence-electron chi connectivity index (χ1n) is 9.21. The highest BCUT2D eigenvalue weighted by Gasteiger charge is 2.17. The fraction of sp³-hybridized carbons (Fsp3) is 0.450. The van der Waals surface area contributed by atoms with Crippen molar-refractivity contribution < 1.29 is 8.60 Å². The van der Waals surface area contributed by atoms with E-state index < -0.39 is 11.0 Å². The van der Waals surface area contributed by atoms with Gasteiger partial charge in [-0.05, 0) is 50.7 Å². The Kier molecular flexibility index (Phi) is 7.89. The predicted molar refractivity (Wildman–Crippen MR) is 109 cm³/mol. The van der Waals surface area contributed by atoms with E-state index in [0.717, 1.165) is 46.7 Å². The van der Waals surface area contributed by atoms with Crippen molar-refractivity contribution in [3.63, 3.8) is 0 Å². The lowest BCUT2D eigenvalue weighted by Crippen LogP contribution is -2.15. The van der Waals surface area contributed by atoms with Crippen LogP contribution in [0.4, 0.5) is 4.39 Å². The topological polar surface area (TPSA) is 64.2 Å². The van der Waals surface area contributed by atoms with E-state index in [1.807, 2.05) is 24.3 Å². The number of rotatable bonds is 9. The van der Waals surface area contributed by atoms with Crippen molar-refractivity contribution in [1.29, 1.82) is 0 Å². The Balaban J connectivity index is 2.31. The number of hydrogen-bond donors (Lipinski definition) is 1. The van der Waals surface area contributed by atoms with E-state index in [-0.39, 0.29) is 18.9 Å². The number of nitrogens with zero attached hydrogens (tertiary/aromatic N) is 3. The van der Waals surface area contributed by atoms with Gasteiger partial charge in [-0.3, -0.25) is 4.68 Å². The minimum Gasteiger partial charge on any atom is -0.327 e. The molecule has 0 radical (unpaired) electrons. The maximum Gasteiger partial charge on any atom is 0.127 e. The van der Waals surface area contributed by atoms with Crippen molar-refractivity contribution >= 4 is 11.0 Å². The second-order valence-corrected chi connectivity index (χ2v) is 8.21. The first-order valence-corrected chi connectivity index (χ1v) is 10.3. The van der Waals surface area contributed by atoms with Gasteiger partial charge in [0.05, 0.1) is 17.1 Å². The Hall–Kier alpha value is -1.83. The van der Waals surface area contributed by atoms with Crippen molar-refractivity contribution in [2.45, 2.75) is 44.6 Å². The molecule has 2 aromatic rings. The summed E-state index contributed by atoms with van der Waals surface area (Å²) < 4.78 is 29.5. The molecule has 0 fully saturated rings. The Bertz CT molecular complexity index is 812. The lowest BCUT2D eigenvalue weighted by molar-refractivity contribution is 0.511. The first kappa shape index (κ1) is 21.5. The fourth-order valence-electron chi connectivity index (χ4n) is 3.08. The van der Waals surface area contributed by atoms with Crippen LogP contribution in [0.2, 0.25) is 0 Å². The van der Waals surface area contributed by atoms with E-state index >= 15 is 0 Å². The van der Waals surface area contributed by atoms with E-state index in [1.165, 1.54) is 6.08 Å². The molecule has 1 heterocycles. The molecule has 0 bridgehead atoms. The van der Waals surface area contributed by atoms with Gasteiger partial charge in [0, 0.05) is 24.2 Å². The van der Waals surface area contributed by atoms with Crippen LogP contribution in [-0.2, 0) is 36.8 Å². The third-order valence-corrected chi connectivity index (χ3v) is 5.74. The molecule has 0 aliphatic rings. The number of aromatic nitrogens is 2. The fourth-order valence-corrected chi connectivity index (χ4v) is 3.87. The number of allylic oxidation sites excluding steroid dienone is 1. The van der Waals surface area contributed by atoms with Crippen LogP contribution in [0.1, 0.15) is 36.4 Å². The Labute approximate surface area is 163 Å². The molecular weight excluding hydrogens is 363 g/mol. The number of halogens is 1. The third kappa shape index (κ3) is 5.34. The van der Waals surface area contributed by atoms with Crippen molar-refractivity contribution in [1.82, 2.24) is 14.1 Å². The van der Waals surface area contributed by atoms with Crippen LogP contribution in [-0.4, -0.2) is 38.9 Å². The Morgan fingerprint density at radius 1 is 1.26 bits per heavy atom. The molecule has 2 rings (SSSR count). The highest BCUT2D eigenvalue weighted by atomic mass is 32.2. The van der Waals surface area contributed by atoms with Crippen molar-refractivity contribution in [3.8, 4) is 0 Å². The number of hydrogen-bond acceptors (Lipinski definition) is 3. The summed E-state index contributed by atoms with van der Waals surface area (Å²) in [7, 11) is 2.43. The smallest absolute Gasteiger partial charge is 0.127 e. The van der Waals surface area contributed by atoms with Crippen molar-refractivity contribution in [2.24, 2.45) is 5.73 Å². The summed E-state index contributed by atoms with van der Waals surface area (Å²) in [6.45, 7) is 4.42. The van der Waals surface area contributed by atoms with Crippen LogP contribution in [0.3, 0.4) is 0 Å². The van der Waals surface area contributed by atoms with E-state index in [9.17, 15) is 8.60 Å². The number of aryl methyl sites for hydroxylation is 1. The van der Waals surface area contributed by atoms with Crippen molar-refractivity contribution in [3.05, 3.63) is 58.7 Å². The minimum atomic E-state index is -1.15. The molecule has 0 amide bonds. The molecule has 0 saturated carbocycles. The lowest BCUT2D eigenvalue weighted by Gasteiger charge is -2.10. The monoisotopic (exact) mass is 392 g/mol. The molecule has 27 heavy (non-hydrogen) atoms. The second-order valence-electron chi connectivity index (χ2n) is 6.51. The molecule has 2 N–H and O–H groups in total. The van der Waals surface area contributed by atoms with Crippen LogP contribution in [0.25, 0.3) is 0 Å². The molecule has 0 aliphatic carbocycles. The maximum atomic E-state index is 13.9. The zero-order valence-electron chi connectivity index (χ0n) is 16.5. The summed E-state index contributed by atoms with van der Waals surface area (Å²) in [5, 5.41) is 4.63.